The van der Waals surface area contributed by atoms with Crippen LogP contribution in [0.4, 0.5) is 0 Å². The zero-order valence-electron chi connectivity index (χ0n) is 13.8. The van der Waals surface area contributed by atoms with Gasteiger partial charge in [-0.2, -0.15) is 0 Å². The van der Waals surface area contributed by atoms with Crippen LogP contribution in [-0.4, -0.2) is 52.9 Å². The minimum absolute atomic E-state index is 0.296. The molecule has 3 heterocycles. The highest BCUT2D eigenvalue weighted by atomic mass is 16.2. The van der Waals surface area contributed by atoms with Gasteiger partial charge in [-0.3, -0.25) is 14.7 Å². The van der Waals surface area contributed by atoms with Crippen molar-refractivity contribution in [1.29, 1.82) is 0 Å². The highest BCUT2D eigenvalue weighted by Crippen LogP contribution is 2.32. The molecule has 1 atom stereocenters. The molecule has 120 valence electrons. The van der Waals surface area contributed by atoms with Crippen LogP contribution in [-0.2, 0) is 4.79 Å². The summed E-state index contributed by atoms with van der Waals surface area (Å²) in [5.41, 5.74) is 0.881. The first-order valence-corrected chi connectivity index (χ1v) is 8.53. The molecule has 0 N–H and O–H groups in total. The first-order chi connectivity index (χ1) is 10.6. The summed E-state index contributed by atoms with van der Waals surface area (Å²) in [6.45, 7) is 4.89. The molecule has 0 aromatic carbocycles. The molecule has 0 radical (unpaired) electrons. The second kappa shape index (κ2) is 6.37. The Hall–Kier alpha value is -1.42. The monoisotopic (exact) mass is 301 g/mol. The van der Waals surface area contributed by atoms with Crippen molar-refractivity contribution < 1.29 is 4.79 Å². The van der Waals surface area contributed by atoms with Crippen LogP contribution in [0, 0.1) is 0 Å². The molecular formula is C18H27N3O. The number of pyridine rings is 1. The zero-order chi connectivity index (χ0) is 15.6. The van der Waals surface area contributed by atoms with Crippen molar-refractivity contribution in [3.63, 3.8) is 0 Å². The van der Waals surface area contributed by atoms with Gasteiger partial charge in [-0.15, -0.1) is 0 Å². The number of piperidine rings is 2. The highest BCUT2D eigenvalue weighted by molar-refractivity contribution is 5.86. The smallest absolute Gasteiger partial charge is 0.242 e. The van der Waals surface area contributed by atoms with Crippen molar-refractivity contribution in [3.05, 3.63) is 30.1 Å². The summed E-state index contributed by atoms with van der Waals surface area (Å²) in [7, 11) is 2.09. The van der Waals surface area contributed by atoms with Crippen LogP contribution in [0.5, 0.6) is 0 Å². The van der Waals surface area contributed by atoms with Crippen LogP contribution >= 0.6 is 0 Å². The molecule has 2 fully saturated rings. The molecule has 2 aliphatic heterocycles. The van der Waals surface area contributed by atoms with Gasteiger partial charge in [-0.1, -0.05) is 6.07 Å². The molecular weight excluding hydrogens is 274 g/mol. The van der Waals surface area contributed by atoms with E-state index >= 15 is 0 Å². The van der Waals surface area contributed by atoms with Gasteiger partial charge in [0.05, 0.1) is 5.54 Å². The van der Waals surface area contributed by atoms with Crippen LogP contribution in [0.15, 0.2) is 24.4 Å². The highest BCUT2D eigenvalue weighted by Gasteiger charge is 2.42. The molecule has 0 aliphatic carbocycles. The third-order valence-electron chi connectivity index (χ3n) is 5.60. The van der Waals surface area contributed by atoms with Gasteiger partial charge < -0.3 is 4.90 Å². The summed E-state index contributed by atoms with van der Waals surface area (Å²) in [5, 5.41) is 0. The second-order valence-corrected chi connectivity index (χ2v) is 6.97. The van der Waals surface area contributed by atoms with Crippen molar-refractivity contribution in [2.24, 2.45) is 0 Å². The van der Waals surface area contributed by atoms with Gasteiger partial charge in [-0.25, -0.2) is 0 Å². The predicted molar refractivity (Wildman–Crippen MR) is 87.7 cm³/mol. The largest absolute Gasteiger partial charge is 0.341 e. The summed E-state index contributed by atoms with van der Waals surface area (Å²) in [6, 6.07) is 6.12. The van der Waals surface area contributed by atoms with Crippen LogP contribution in [0.25, 0.3) is 0 Å². The Morgan fingerprint density at radius 2 is 2.00 bits per heavy atom. The van der Waals surface area contributed by atoms with Gasteiger partial charge >= 0.3 is 0 Å². The Kier molecular flexibility index (Phi) is 4.48. The van der Waals surface area contributed by atoms with E-state index in [0.29, 0.717) is 11.8 Å². The summed E-state index contributed by atoms with van der Waals surface area (Å²) in [6.07, 6.45) is 7.29. The fraction of sp³-hybridized carbons (Fsp3) is 0.667. The van der Waals surface area contributed by atoms with Gasteiger partial charge in [0.25, 0.3) is 0 Å². The molecule has 4 heteroatoms. The Labute approximate surface area is 133 Å². The summed E-state index contributed by atoms with van der Waals surface area (Å²) < 4.78 is 0. The average molecular weight is 301 g/mol. The molecule has 1 aromatic rings. The molecule has 1 aromatic heterocycles. The number of hydrogen-bond donors (Lipinski definition) is 0. The van der Waals surface area contributed by atoms with Crippen LogP contribution < -0.4 is 0 Å². The third kappa shape index (κ3) is 2.89. The molecule has 3 rings (SSSR count). The number of carbonyl (C=O) groups is 1. The van der Waals surface area contributed by atoms with Crippen molar-refractivity contribution in [1.82, 2.24) is 14.8 Å². The van der Waals surface area contributed by atoms with Crippen LogP contribution in [0.3, 0.4) is 0 Å². The Morgan fingerprint density at radius 1 is 1.23 bits per heavy atom. The molecule has 0 unspecified atom stereocenters. The average Bonchev–Trinajstić information content (AvgIpc) is 2.58. The van der Waals surface area contributed by atoms with E-state index in [4.69, 9.17) is 0 Å². The summed E-state index contributed by atoms with van der Waals surface area (Å²) in [5.74, 6) is 0.830. The van der Waals surface area contributed by atoms with E-state index in [1.807, 2.05) is 12.3 Å². The lowest BCUT2D eigenvalue weighted by atomic mass is 9.86. The van der Waals surface area contributed by atoms with Crippen LogP contribution in [0.1, 0.15) is 50.6 Å². The minimum Gasteiger partial charge on any atom is -0.341 e. The standard InChI is InChI=1S/C18H27N3O/c1-18(10-4-6-12-20(18)2)17(22)21-13-8-15(9-14-21)16-7-3-5-11-19-16/h3,5,7,11,15H,4,6,8-10,12-14H2,1-2H3/t18-/m1/s1. The number of likely N-dealkylation sites (N-methyl/N-ethyl adjacent to an activating group) is 1. The molecule has 0 spiro atoms. The van der Waals surface area contributed by atoms with E-state index in [0.717, 1.165) is 45.3 Å². The number of likely N-dealkylation sites (tertiary alicyclic amines) is 2. The lowest BCUT2D eigenvalue weighted by Gasteiger charge is -2.45. The van der Waals surface area contributed by atoms with Gasteiger partial charge in [0.1, 0.15) is 0 Å². The maximum absolute atomic E-state index is 13.0. The van der Waals surface area contributed by atoms with E-state index in [2.05, 4.69) is 40.9 Å². The SMILES string of the molecule is CN1CCCC[C@]1(C)C(=O)N1CCC(c2ccccn2)CC1. The van der Waals surface area contributed by atoms with Gasteiger partial charge in [0, 0.05) is 30.9 Å². The third-order valence-corrected chi connectivity index (χ3v) is 5.60. The molecule has 0 saturated carbocycles. The fourth-order valence-corrected chi connectivity index (χ4v) is 3.86. The quantitative estimate of drug-likeness (QED) is 0.842. The zero-order valence-corrected chi connectivity index (χ0v) is 13.8. The first kappa shape index (κ1) is 15.5. The Bertz CT molecular complexity index is 510. The normalized spacial score (nSPS) is 27.8. The topological polar surface area (TPSA) is 36.4 Å². The maximum Gasteiger partial charge on any atom is 0.242 e. The predicted octanol–water partition coefficient (Wildman–Crippen LogP) is 2.66. The molecule has 4 nitrogen and oxygen atoms in total. The summed E-state index contributed by atoms with van der Waals surface area (Å²) in [4.78, 5) is 21.8. The van der Waals surface area contributed by atoms with Crippen molar-refractivity contribution >= 4 is 5.91 Å². The van der Waals surface area contributed by atoms with Gasteiger partial charge in [-0.05, 0) is 64.8 Å². The molecule has 22 heavy (non-hydrogen) atoms. The van der Waals surface area contributed by atoms with Gasteiger partial charge in [0.2, 0.25) is 5.91 Å². The van der Waals surface area contributed by atoms with Gasteiger partial charge in [0.15, 0.2) is 0 Å². The van der Waals surface area contributed by atoms with E-state index in [1.165, 1.54) is 12.1 Å². The van der Waals surface area contributed by atoms with Crippen molar-refractivity contribution in [3.8, 4) is 0 Å². The fourth-order valence-electron chi connectivity index (χ4n) is 3.86. The number of amides is 1. The van der Waals surface area contributed by atoms with Crippen molar-refractivity contribution in [2.75, 3.05) is 26.7 Å². The van der Waals surface area contributed by atoms with E-state index < -0.39 is 0 Å². The Morgan fingerprint density at radius 3 is 2.64 bits per heavy atom. The molecule has 0 bridgehead atoms. The lowest BCUT2D eigenvalue weighted by molar-refractivity contribution is -0.146. The second-order valence-electron chi connectivity index (χ2n) is 6.97. The lowest BCUT2D eigenvalue weighted by Crippen LogP contribution is -2.59. The number of hydrogen-bond acceptors (Lipinski definition) is 3. The van der Waals surface area contributed by atoms with Crippen LogP contribution in [0.2, 0.25) is 0 Å². The molecule has 2 saturated heterocycles. The number of aromatic nitrogens is 1. The van der Waals surface area contributed by atoms with E-state index in [9.17, 15) is 4.79 Å². The summed E-state index contributed by atoms with van der Waals surface area (Å²) >= 11 is 0. The Balaban J connectivity index is 1.62. The minimum atomic E-state index is -0.296. The number of nitrogens with zero attached hydrogens (tertiary/aromatic N) is 3. The van der Waals surface area contributed by atoms with E-state index in [-0.39, 0.29) is 5.54 Å². The molecule has 2 aliphatic rings. The molecule has 1 amide bonds. The first-order valence-electron chi connectivity index (χ1n) is 8.53. The number of rotatable bonds is 2. The number of carbonyl (C=O) groups excluding carboxylic acids is 1. The maximum atomic E-state index is 13.0. The van der Waals surface area contributed by atoms with Crippen molar-refractivity contribution in [2.45, 2.75) is 50.5 Å². The van der Waals surface area contributed by atoms with E-state index in [1.54, 1.807) is 0 Å².